The van der Waals surface area contributed by atoms with Crippen LogP contribution in [-0.2, 0) is 28.6 Å². The molecule has 0 unspecified atom stereocenters. The van der Waals surface area contributed by atoms with E-state index in [1.54, 1.807) is 0 Å². The van der Waals surface area contributed by atoms with Crippen molar-refractivity contribution in [2.45, 2.75) is 78.1 Å². The van der Waals surface area contributed by atoms with Gasteiger partial charge in [0.2, 0.25) is 0 Å². The van der Waals surface area contributed by atoms with Crippen molar-refractivity contribution in [3.8, 4) is 0 Å². The van der Waals surface area contributed by atoms with Crippen LogP contribution in [0.5, 0.6) is 0 Å². The molecule has 6 nitrogen and oxygen atoms in total. The molecule has 0 aliphatic rings. The normalized spacial score (nSPS) is 10.2. The fraction of sp³-hybridized carbons (Fsp3) is 0.833. The third kappa shape index (κ3) is 15.3. The second-order valence-corrected chi connectivity index (χ2v) is 5.72. The van der Waals surface area contributed by atoms with Crippen LogP contribution in [0.3, 0.4) is 0 Å². The van der Waals surface area contributed by atoms with Crippen LogP contribution in [0, 0.1) is 0 Å². The first-order valence-electron chi connectivity index (χ1n) is 9.07. The summed E-state index contributed by atoms with van der Waals surface area (Å²) in [6.45, 7) is 4.61. The van der Waals surface area contributed by atoms with Crippen LogP contribution in [0.25, 0.3) is 0 Å². The second-order valence-electron chi connectivity index (χ2n) is 5.72. The predicted molar refractivity (Wildman–Crippen MR) is 90.4 cm³/mol. The van der Waals surface area contributed by atoms with Crippen LogP contribution in [-0.4, -0.2) is 37.7 Å². The van der Waals surface area contributed by atoms with E-state index in [2.05, 4.69) is 0 Å². The first-order valence-corrected chi connectivity index (χ1v) is 9.07. The van der Waals surface area contributed by atoms with E-state index in [0.717, 1.165) is 44.9 Å². The van der Waals surface area contributed by atoms with Crippen LogP contribution in [0.2, 0.25) is 0 Å². The largest absolute Gasteiger partial charge is 0.466 e. The van der Waals surface area contributed by atoms with Crippen LogP contribution in [0.15, 0.2) is 0 Å². The van der Waals surface area contributed by atoms with Gasteiger partial charge in [0.15, 0.2) is 6.61 Å². The molecule has 24 heavy (non-hydrogen) atoms. The highest BCUT2D eigenvalue weighted by Gasteiger charge is 2.08. The van der Waals surface area contributed by atoms with Crippen molar-refractivity contribution >= 4 is 17.9 Å². The molecule has 0 saturated carbocycles. The molecule has 0 radical (unpaired) electrons. The summed E-state index contributed by atoms with van der Waals surface area (Å²) in [4.78, 5) is 34.1. The molecule has 0 heterocycles. The molecule has 0 atom stereocenters. The van der Waals surface area contributed by atoms with Gasteiger partial charge in [0.25, 0.3) is 0 Å². The van der Waals surface area contributed by atoms with Gasteiger partial charge in [-0.2, -0.15) is 0 Å². The van der Waals surface area contributed by atoms with Crippen molar-refractivity contribution < 1.29 is 28.6 Å². The zero-order chi connectivity index (χ0) is 18.0. The molecule has 0 N–H and O–H groups in total. The van der Waals surface area contributed by atoms with E-state index >= 15 is 0 Å². The van der Waals surface area contributed by atoms with E-state index in [9.17, 15) is 14.4 Å². The summed E-state index contributed by atoms with van der Waals surface area (Å²) in [6, 6.07) is 0. The summed E-state index contributed by atoms with van der Waals surface area (Å²) in [6.07, 6.45) is 7.56. The monoisotopic (exact) mass is 344 g/mol. The quantitative estimate of drug-likeness (QED) is 0.257. The summed E-state index contributed by atoms with van der Waals surface area (Å²) >= 11 is 0. The van der Waals surface area contributed by atoms with E-state index in [1.807, 2.05) is 13.8 Å². The van der Waals surface area contributed by atoms with Crippen molar-refractivity contribution in [2.75, 3.05) is 19.8 Å². The Bertz CT molecular complexity index is 353. The Morgan fingerprint density at radius 3 is 1.54 bits per heavy atom. The lowest BCUT2D eigenvalue weighted by Gasteiger charge is -2.06. The Balaban J connectivity index is 3.42. The van der Waals surface area contributed by atoms with Gasteiger partial charge >= 0.3 is 17.9 Å². The van der Waals surface area contributed by atoms with Gasteiger partial charge in [-0.05, 0) is 25.7 Å². The third-order valence-corrected chi connectivity index (χ3v) is 3.38. The Labute approximate surface area is 145 Å². The van der Waals surface area contributed by atoms with E-state index in [0.29, 0.717) is 26.1 Å². The summed E-state index contributed by atoms with van der Waals surface area (Å²) in [5, 5.41) is 0. The van der Waals surface area contributed by atoms with Crippen LogP contribution < -0.4 is 0 Å². The number of ether oxygens (including phenoxy) is 3. The standard InChI is InChI=1S/C18H32O6/c1-3-5-13-22-16(19)11-9-7-8-10-12-17(20)24-15-18(21)23-14-6-4-2/h3-15H2,1-2H3. The molecule has 0 aromatic heterocycles. The summed E-state index contributed by atoms with van der Waals surface area (Å²) in [5.74, 6) is -1.04. The maximum atomic E-state index is 11.5. The molecule has 0 saturated heterocycles. The Hall–Kier alpha value is -1.59. The minimum atomic E-state index is -0.501. The molecule has 0 bridgehead atoms. The lowest BCUT2D eigenvalue weighted by atomic mass is 10.1. The Kier molecular flexibility index (Phi) is 15.2. The topological polar surface area (TPSA) is 78.9 Å². The van der Waals surface area contributed by atoms with Crippen LogP contribution in [0.4, 0.5) is 0 Å². The van der Waals surface area contributed by atoms with Gasteiger partial charge < -0.3 is 14.2 Å². The number of carbonyl (C=O) groups is 3. The van der Waals surface area contributed by atoms with Crippen LogP contribution >= 0.6 is 0 Å². The van der Waals surface area contributed by atoms with Gasteiger partial charge in [-0.3, -0.25) is 9.59 Å². The van der Waals surface area contributed by atoms with E-state index in [4.69, 9.17) is 14.2 Å². The van der Waals surface area contributed by atoms with Gasteiger partial charge in [0, 0.05) is 12.8 Å². The number of rotatable bonds is 15. The summed E-state index contributed by atoms with van der Waals surface area (Å²) in [7, 11) is 0. The van der Waals surface area contributed by atoms with E-state index < -0.39 is 5.97 Å². The highest BCUT2D eigenvalue weighted by molar-refractivity contribution is 5.76. The zero-order valence-electron chi connectivity index (χ0n) is 15.1. The highest BCUT2D eigenvalue weighted by atomic mass is 16.6. The Morgan fingerprint density at radius 2 is 1.04 bits per heavy atom. The zero-order valence-corrected chi connectivity index (χ0v) is 15.1. The highest BCUT2D eigenvalue weighted by Crippen LogP contribution is 2.07. The average molecular weight is 344 g/mol. The molecule has 0 fully saturated rings. The molecule has 0 aliphatic carbocycles. The van der Waals surface area contributed by atoms with Gasteiger partial charge in [0.1, 0.15) is 0 Å². The smallest absolute Gasteiger partial charge is 0.344 e. The van der Waals surface area contributed by atoms with Crippen molar-refractivity contribution in [3.63, 3.8) is 0 Å². The van der Waals surface area contributed by atoms with Gasteiger partial charge in [-0.15, -0.1) is 0 Å². The molecule has 0 aromatic carbocycles. The van der Waals surface area contributed by atoms with E-state index in [1.165, 1.54) is 0 Å². The molecule has 0 rings (SSSR count). The van der Waals surface area contributed by atoms with Crippen LogP contribution in [0.1, 0.15) is 78.1 Å². The first kappa shape index (κ1) is 22.4. The maximum Gasteiger partial charge on any atom is 0.344 e. The first-order chi connectivity index (χ1) is 11.6. The van der Waals surface area contributed by atoms with E-state index in [-0.39, 0.29) is 25.0 Å². The molecule has 0 aliphatic heterocycles. The van der Waals surface area contributed by atoms with Crippen molar-refractivity contribution in [1.29, 1.82) is 0 Å². The number of unbranched alkanes of at least 4 members (excludes halogenated alkanes) is 5. The number of hydrogen-bond donors (Lipinski definition) is 0. The minimum absolute atomic E-state index is 0.149. The second kappa shape index (κ2) is 16.3. The predicted octanol–water partition coefficient (Wildman–Crippen LogP) is 3.56. The molecule has 0 amide bonds. The number of hydrogen-bond acceptors (Lipinski definition) is 6. The molecule has 0 spiro atoms. The Morgan fingerprint density at radius 1 is 0.583 bits per heavy atom. The van der Waals surface area contributed by atoms with Crippen molar-refractivity contribution in [1.82, 2.24) is 0 Å². The van der Waals surface area contributed by atoms with Gasteiger partial charge in [-0.1, -0.05) is 39.5 Å². The van der Waals surface area contributed by atoms with Gasteiger partial charge in [0.05, 0.1) is 13.2 Å². The lowest BCUT2D eigenvalue weighted by Crippen LogP contribution is -2.16. The summed E-state index contributed by atoms with van der Waals surface area (Å²) < 4.78 is 14.8. The van der Waals surface area contributed by atoms with Crippen molar-refractivity contribution in [3.05, 3.63) is 0 Å². The molecule has 0 aromatic rings. The summed E-state index contributed by atoms with van der Waals surface area (Å²) in [5.41, 5.74) is 0. The fourth-order valence-corrected chi connectivity index (χ4v) is 1.88. The molecular formula is C18H32O6. The lowest BCUT2D eigenvalue weighted by molar-refractivity contribution is -0.158. The van der Waals surface area contributed by atoms with Gasteiger partial charge in [-0.25, -0.2) is 4.79 Å². The SMILES string of the molecule is CCCCOC(=O)CCCCCCC(=O)OCC(=O)OCCCC. The molecule has 6 heteroatoms. The fourth-order valence-electron chi connectivity index (χ4n) is 1.88. The number of esters is 3. The number of carbonyl (C=O) groups excluding carboxylic acids is 3. The molecule has 140 valence electrons. The average Bonchev–Trinajstić information content (AvgIpc) is 2.56. The van der Waals surface area contributed by atoms with Crippen molar-refractivity contribution in [2.24, 2.45) is 0 Å². The molecular weight excluding hydrogens is 312 g/mol. The minimum Gasteiger partial charge on any atom is -0.466 e. The third-order valence-electron chi connectivity index (χ3n) is 3.38. The maximum absolute atomic E-state index is 11.5.